The molecule has 4 rings (SSSR count). The number of fused-ring (bicyclic) bond motifs is 1. The van der Waals surface area contributed by atoms with Crippen molar-refractivity contribution in [1.29, 1.82) is 0 Å². The molecule has 2 aromatic rings. The number of thiophene rings is 1. The molecule has 26 heavy (non-hydrogen) atoms. The van der Waals surface area contributed by atoms with Gasteiger partial charge in [-0.1, -0.05) is 6.07 Å². The lowest BCUT2D eigenvalue weighted by atomic mass is 10.00. The van der Waals surface area contributed by atoms with Gasteiger partial charge in [-0.3, -0.25) is 9.59 Å². The Bertz CT molecular complexity index is 857. The molecule has 0 N–H and O–H groups in total. The number of hydrogen-bond acceptors (Lipinski definition) is 3. The van der Waals surface area contributed by atoms with Gasteiger partial charge >= 0.3 is 0 Å². The van der Waals surface area contributed by atoms with Crippen molar-refractivity contribution in [2.24, 2.45) is 0 Å². The van der Waals surface area contributed by atoms with Crippen molar-refractivity contribution >= 4 is 33.2 Å². The molecule has 2 amide bonds. The van der Waals surface area contributed by atoms with Crippen LogP contribution in [0.2, 0.25) is 0 Å². The molecule has 4 nitrogen and oxygen atoms in total. The number of likely N-dealkylation sites (tertiary alicyclic amines) is 2. The minimum atomic E-state index is -0.371. The largest absolute Gasteiger partial charge is 0.341 e. The van der Waals surface area contributed by atoms with Crippen molar-refractivity contribution in [1.82, 2.24) is 9.80 Å². The van der Waals surface area contributed by atoms with Crippen LogP contribution in [0.15, 0.2) is 18.2 Å². The highest BCUT2D eigenvalue weighted by molar-refractivity contribution is 7.21. The Labute approximate surface area is 156 Å². The molecule has 2 aliphatic rings. The van der Waals surface area contributed by atoms with E-state index in [0.717, 1.165) is 49.9 Å². The van der Waals surface area contributed by atoms with E-state index in [0.29, 0.717) is 22.4 Å². The normalized spacial score (nSPS) is 20.8. The number of amides is 2. The Kier molecular flexibility index (Phi) is 4.69. The van der Waals surface area contributed by atoms with Crippen molar-refractivity contribution in [3.05, 3.63) is 34.5 Å². The maximum atomic E-state index is 14.2. The molecule has 0 bridgehead atoms. The van der Waals surface area contributed by atoms with Gasteiger partial charge in [0.15, 0.2) is 0 Å². The molecule has 1 aromatic carbocycles. The number of carbonyl (C=O) groups excluding carboxylic acids is 2. The molecule has 2 aliphatic heterocycles. The lowest BCUT2D eigenvalue weighted by Crippen LogP contribution is -2.52. The van der Waals surface area contributed by atoms with Crippen LogP contribution in [0.25, 0.3) is 10.1 Å². The average Bonchev–Trinajstić information content (AvgIpc) is 3.30. The van der Waals surface area contributed by atoms with Gasteiger partial charge in [-0.2, -0.15) is 0 Å². The van der Waals surface area contributed by atoms with Gasteiger partial charge in [-0.05, 0) is 56.7 Å². The van der Waals surface area contributed by atoms with Crippen molar-refractivity contribution < 1.29 is 14.0 Å². The van der Waals surface area contributed by atoms with Crippen molar-refractivity contribution in [2.75, 3.05) is 19.6 Å². The summed E-state index contributed by atoms with van der Waals surface area (Å²) >= 11 is 1.33. The molecular weight excluding hydrogens is 351 g/mol. The van der Waals surface area contributed by atoms with Gasteiger partial charge in [0.25, 0.3) is 5.91 Å². The van der Waals surface area contributed by atoms with Gasteiger partial charge in [-0.15, -0.1) is 11.3 Å². The van der Waals surface area contributed by atoms with Gasteiger partial charge in [0.1, 0.15) is 11.9 Å². The van der Waals surface area contributed by atoms with E-state index in [2.05, 4.69) is 0 Å². The summed E-state index contributed by atoms with van der Waals surface area (Å²) in [6.45, 7) is 3.99. The summed E-state index contributed by atoms with van der Waals surface area (Å²) in [4.78, 5) is 30.4. The number of hydrogen-bond donors (Lipinski definition) is 0. The van der Waals surface area contributed by atoms with Gasteiger partial charge in [-0.25, -0.2) is 4.39 Å². The fourth-order valence-electron chi connectivity index (χ4n) is 4.17. The van der Waals surface area contributed by atoms with E-state index in [9.17, 15) is 14.0 Å². The van der Waals surface area contributed by atoms with Crippen LogP contribution in [0.1, 0.15) is 47.3 Å². The van der Waals surface area contributed by atoms with Crippen molar-refractivity contribution in [2.45, 2.75) is 45.1 Å². The Morgan fingerprint density at radius 3 is 2.58 bits per heavy atom. The van der Waals surface area contributed by atoms with E-state index in [4.69, 9.17) is 0 Å². The molecular formula is C20H23FN2O2S. The number of halogens is 1. The van der Waals surface area contributed by atoms with E-state index in [-0.39, 0.29) is 23.7 Å². The number of piperidine rings is 1. The van der Waals surface area contributed by atoms with E-state index in [1.807, 2.05) is 11.0 Å². The minimum absolute atomic E-state index is 0.0838. The fraction of sp³-hybridized carbons (Fsp3) is 0.500. The number of aryl methyl sites for hydroxylation is 1. The molecule has 1 aromatic heterocycles. The van der Waals surface area contributed by atoms with Crippen LogP contribution in [0, 0.1) is 12.7 Å². The molecule has 2 saturated heterocycles. The molecule has 3 heterocycles. The van der Waals surface area contributed by atoms with E-state index in [1.54, 1.807) is 17.9 Å². The molecule has 0 saturated carbocycles. The molecule has 0 spiro atoms. The summed E-state index contributed by atoms with van der Waals surface area (Å²) < 4.78 is 15.0. The zero-order chi connectivity index (χ0) is 18.3. The highest BCUT2D eigenvalue weighted by Crippen LogP contribution is 2.34. The van der Waals surface area contributed by atoms with E-state index in [1.165, 1.54) is 17.4 Å². The third kappa shape index (κ3) is 2.90. The number of nitrogens with zero attached hydrogens (tertiary/aromatic N) is 2. The van der Waals surface area contributed by atoms with Crippen LogP contribution in [0.4, 0.5) is 4.39 Å². The number of carbonyl (C=O) groups is 2. The fourth-order valence-corrected chi connectivity index (χ4v) is 5.35. The van der Waals surface area contributed by atoms with Crippen LogP contribution in [0.5, 0.6) is 0 Å². The zero-order valence-electron chi connectivity index (χ0n) is 15.0. The molecule has 0 radical (unpaired) electrons. The van der Waals surface area contributed by atoms with Crippen LogP contribution < -0.4 is 0 Å². The summed E-state index contributed by atoms with van der Waals surface area (Å²) in [5.41, 5.74) is 0.686. The first kappa shape index (κ1) is 17.5. The standard InChI is InChI=1S/C20H23FN2O2S/c1-13-17-14(21)7-6-9-16(17)26-18(13)20(25)23-12-3-2-8-15(23)19(24)22-10-4-5-11-22/h6-7,9,15H,2-5,8,10-12H2,1H3/t15-/m0/s1. The van der Waals surface area contributed by atoms with Crippen molar-refractivity contribution in [3.8, 4) is 0 Å². The predicted octanol–water partition coefficient (Wildman–Crippen LogP) is 3.97. The highest BCUT2D eigenvalue weighted by atomic mass is 32.1. The quantitative estimate of drug-likeness (QED) is 0.798. The Hall–Kier alpha value is -1.95. The summed E-state index contributed by atoms with van der Waals surface area (Å²) in [6, 6.07) is 4.57. The van der Waals surface area contributed by atoms with Crippen LogP contribution in [-0.4, -0.2) is 47.3 Å². The van der Waals surface area contributed by atoms with Crippen LogP contribution in [-0.2, 0) is 4.79 Å². The lowest BCUT2D eigenvalue weighted by Gasteiger charge is -2.36. The predicted molar refractivity (Wildman–Crippen MR) is 101 cm³/mol. The third-order valence-electron chi connectivity index (χ3n) is 5.56. The Balaban J connectivity index is 1.66. The second-order valence-corrected chi connectivity index (χ2v) is 8.26. The molecule has 0 unspecified atom stereocenters. The third-order valence-corrected chi connectivity index (χ3v) is 6.81. The maximum absolute atomic E-state index is 14.2. The smallest absolute Gasteiger partial charge is 0.264 e. The first-order chi connectivity index (χ1) is 12.6. The van der Waals surface area contributed by atoms with Crippen molar-refractivity contribution in [3.63, 3.8) is 0 Å². The average molecular weight is 374 g/mol. The Morgan fingerprint density at radius 1 is 1.12 bits per heavy atom. The Morgan fingerprint density at radius 2 is 1.85 bits per heavy atom. The van der Waals surface area contributed by atoms with Crippen LogP contribution in [0.3, 0.4) is 0 Å². The lowest BCUT2D eigenvalue weighted by molar-refractivity contribution is -0.136. The summed E-state index contributed by atoms with van der Waals surface area (Å²) in [5, 5.41) is 0.528. The second kappa shape index (κ2) is 6.99. The SMILES string of the molecule is Cc1c(C(=O)N2CCCC[C@H]2C(=O)N2CCCC2)sc2cccc(F)c12. The maximum Gasteiger partial charge on any atom is 0.264 e. The summed E-state index contributed by atoms with van der Waals surface area (Å²) in [7, 11) is 0. The van der Waals surface area contributed by atoms with E-state index >= 15 is 0 Å². The molecule has 1 atom stereocenters. The summed E-state index contributed by atoms with van der Waals surface area (Å²) in [6.07, 6.45) is 4.68. The highest BCUT2D eigenvalue weighted by Gasteiger charge is 2.37. The second-order valence-electron chi connectivity index (χ2n) is 7.21. The van der Waals surface area contributed by atoms with E-state index < -0.39 is 0 Å². The minimum Gasteiger partial charge on any atom is -0.341 e. The monoisotopic (exact) mass is 374 g/mol. The topological polar surface area (TPSA) is 40.6 Å². The molecule has 0 aliphatic carbocycles. The van der Waals surface area contributed by atoms with Gasteiger partial charge in [0.05, 0.1) is 4.88 Å². The van der Waals surface area contributed by atoms with Gasteiger partial charge in [0.2, 0.25) is 5.91 Å². The first-order valence-corrected chi connectivity index (χ1v) is 10.2. The zero-order valence-corrected chi connectivity index (χ0v) is 15.8. The van der Waals surface area contributed by atoms with Crippen LogP contribution >= 0.6 is 11.3 Å². The summed E-state index contributed by atoms with van der Waals surface area (Å²) in [5.74, 6) is -0.334. The van der Waals surface area contributed by atoms with Gasteiger partial charge in [0, 0.05) is 29.7 Å². The number of benzene rings is 1. The molecule has 2 fully saturated rings. The number of rotatable bonds is 2. The molecule has 138 valence electrons. The first-order valence-electron chi connectivity index (χ1n) is 9.35. The molecule has 6 heteroatoms. The van der Waals surface area contributed by atoms with Gasteiger partial charge < -0.3 is 9.80 Å².